The Balaban J connectivity index is 2.12. The van der Waals surface area contributed by atoms with Gasteiger partial charge in [0.25, 0.3) is 5.56 Å². The zero-order valence-electron chi connectivity index (χ0n) is 14.7. The van der Waals surface area contributed by atoms with Gasteiger partial charge in [0.2, 0.25) is 5.78 Å². The van der Waals surface area contributed by atoms with Crippen molar-refractivity contribution in [2.75, 3.05) is 12.3 Å². The lowest BCUT2D eigenvalue weighted by Crippen LogP contribution is -2.37. The number of carbonyl (C=O) groups excluding carboxylic acids is 2. The van der Waals surface area contributed by atoms with Crippen molar-refractivity contribution >= 4 is 17.6 Å². The molecule has 0 radical (unpaired) electrons. The maximum Gasteiger partial charge on any atom is 0.329 e. The van der Waals surface area contributed by atoms with Crippen LogP contribution in [0.4, 0.5) is 5.82 Å². The van der Waals surface area contributed by atoms with E-state index in [0.29, 0.717) is 6.42 Å². The zero-order valence-corrected chi connectivity index (χ0v) is 14.7. The molecule has 3 N–H and O–H groups in total. The van der Waals surface area contributed by atoms with Gasteiger partial charge in [-0.3, -0.25) is 23.9 Å². The molecule has 0 aliphatic rings. The highest BCUT2D eigenvalue weighted by Crippen LogP contribution is 2.09. The molecular weight excluding hydrogens is 338 g/mol. The molecule has 1 heterocycles. The maximum absolute atomic E-state index is 12.3. The van der Waals surface area contributed by atoms with Gasteiger partial charge in [-0.1, -0.05) is 31.2 Å². The van der Waals surface area contributed by atoms with Gasteiger partial charge < -0.3 is 10.5 Å². The first-order valence-electron chi connectivity index (χ1n) is 8.21. The molecule has 0 atom stereocenters. The fourth-order valence-electron chi connectivity index (χ4n) is 2.54. The molecule has 0 bridgehead atoms. The van der Waals surface area contributed by atoms with Crippen LogP contribution in [0, 0.1) is 6.92 Å². The minimum Gasteiger partial charge on any atom is -0.457 e. The van der Waals surface area contributed by atoms with Crippen LogP contribution in [0.5, 0.6) is 0 Å². The average Bonchev–Trinajstić information content (AvgIpc) is 2.58. The van der Waals surface area contributed by atoms with Crippen molar-refractivity contribution in [3.8, 4) is 0 Å². The fourth-order valence-corrected chi connectivity index (χ4v) is 2.54. The van der Waals surface area contributed by atoms with Crippen LogP contribution in [0.2, 0.25) is 0 Å². The number of hydrogen-bond acceptors (Lipinski definition) is 6. The quantitative estimate of drug-likeness (QED) is 0.557. The third-order valence-electron chi connectivity index (χ3n) is 3.93. The minimum atomic E-state index is -0.889. The van der Waals surface area contributed by atoms with Gasteiger partial charge in [0.05, 0.1) is 6.42 Å². The maximum atomic E-state index is 12.3. The van der Waals surface area contributed by atoms with Gasteiger partial charge in [0, 0.05) is 6.54 Å². The molecule has 26 heavy (non-hydrogen) atoms. The fraction of sp³-hybridized carbons (Fsp3) is 0.333. The number of aromatic amines is 1. The van der Waals surface area contributed by atoms with Gasteiger partial charge in [-0.05, 0) is 24.5 Å². The van der Waals surface area contributed by atoms with Crippen LogP contribution in [-0.2, 0) is 22.5 Å². The molecule has 1 aromatic heterocycles. The van der Waals surface area contributed by atoms with Crippen molar-refractivity contribution < 1.29 is 14.3 Å². The van der Waals surface area contributed by atoms with Crippen molar-refractivity contribution in [1.29, 1.82) is 0 Å². The van der Waals surface area contributed by atoms with Gasteiger partial charge in [-0.25, -0.2) is 4.79 Å². The van der Waals surface area contributed by atoms with Gasteiger partial charge in [0.1, 0.15) is 11.4 Å². The summed E-state index contributed by atoms with van der Waals surface area (Å²) in [4.78, 5) is 50.0. The highest BCUT2D eigenvalue weighted by atomic mass is 16.5. The predicted molar refractivity (Wildman–Crippen MR) is 96.2 cm³/mol. The second-order valence-corrected chi connectivity index (χ2v) is 5.86. The summed E-state index contributed by atoms with van der Waals surface area (Å²) in [6, 6.07) is 7.32. The zero-order chi connectivity index (χ0) is 19.3. The Labute approximate surface area is 149 Å². The highest BCUT2D eigenvalue weighted by Gasteiger charge is 2.20. The summed E-state index contributed by atoms with van der Waals surface area (Å²) in [5.74, 6) is -1.57. The van der Waals surface area contributed by atoms with E-state index in [-0.39, 0.29) is 24.3 Å². The average molecular weight is 359 g/mol. The Bertz CT molecular complexity index is 943. The van der Waals surface area contributed by atoms with Gasteiger partial charge in [-0.15, -0.1) is 0 Å². The van der Waals surface area contributed by atoms with Crippen LogP contribution in [0.3, 0.4) is 0 Å². The van der Waals surface area contributed by atoms with E-state index in [0.717, 1.165) is 15.7 Å². The molecule has 0 saturated carbocycles. The Kier molecular flexibility index (Phi) is 6.11. The molecule has 0 aliphatic heterocycles. The van der Waals surface area contributed by atoms with Crippen molar-refractivity contribution in [2.24, 2.45) is 0 Å². The molecule has 0 amide bonds. The van der Waals surface area contributed by atoms with E-state index in [1.165, 1.54) is 0 Å². The molecule has 0 fully saturated rings. The number of nitrogen functional groups attached to an aromatic ring is 1. The first kappa shape index (κ1) is 19.2. The van der Waals surface area contributed by atoms with Gasteiger partial charge in [-0.2, -0.15) is 0 Å². The third-order valence-corrected chi connectivity index (χ3v) is 3.93. The van der Waals surface area contributed by atoms with E-state index in [2.05, 4.69) is 4.98 Å². The number of aromatic nitrogens is 2. The Hall–Kier alpha value is -3.16. The number of ether oxygens (including phenoxy) is 1. The predicted octanol–water partition coefficient (Wildman–Crippen LogP) is 0.806. The Morgan fingerprint density at radius 1 is 1.23 bits per heavy atom. The van der Waals surface area contributed by atoms with E-state index in [1.54, 1.807) is 12.1 Å². The summed E-state index contributed by atoms with van der Waals surface area (Å²) in [5, 5.41) is 0. The summed E-state index contributed by atoms with van der Waals surface area (Å²) in [6.45, 7) is 3.33. The van der Waals surface area contributed by atoms with Gasteiger partial charge >= 0.3 is 11.7 Å². The summed E-state index contributed by atoms with van der Waals surface area (Å²) < 4.78 is 6.09. The van der Waals surface area contributed by atoms with Gasteiger partial charge in [0.15, 0.2) is 6.61 Å². The number of carbonyl (C=O) groups is 2. The van der Waals surface area contributed by atoms with Crippen LogP contribution in [0.25, 0.3) is 0 Å². The lowest BCUT2D eigenvalue weighted by molar-refractivity contribution is -0.141. The van der Waals surface area contributed by atoms with E-state index < -0.39 is 29.6 Å². The number of aryl methyl sites for hydroxylation is 1. The summed E-state index contributed by atoms with van der Waals surface area (Å²) in [7, 11) is 0. The van der Waals surface area contributed by atoms with E-state index in [9.17, 15) is 19.2 Å². The van der Waals surface area contributed by atoms with Crippen LogP contribution in [0.15, 0.2) is 33.9 Å². The number of anilines is 1. The number of nitrogens with zero attached hydrogens (tertiary/aromatic N) is 1. The summed E-state index contributed by atoms with van der Waals surface area (Å²) in [6.07, 6.45) is 0.607. The third kappa shape index (κ3) is 4.27. The number of benzene rings is 1. The van der Waals surface area contributed by atoms with Crippen LogP contribution >= 0.6 is 0 Å². The summed E-state index contributed by atoms with van der Waals surface area (Å²) in [5.41, 5.74) is 5.59. The number of H-pyrrole nitrogens is 1. The number of ketones is 1. The van der Waals surface area contributed by atoms with Crippen LogP contribution in [0.1, 0.15) is 34.8 Å². The van der Waals surface area contributed by atoms with Crippen molar-refractivity contribution in [2.45, 2.75) is 33.2 Å². The number of rotatable bonds is 7. The van der Waals surface area contributed by atoms with Crippen molar-refractivity contribution in [3.05, 3.63) is 61.8 Å². The largest absolute Gasteiger partial charge is 0.457 e. The molecule has 0 spiro atoms. The number of esters is 1. The lowest BCUT2D eigenvalue weighted by Gasteiger charge is -2.11. The molecule has 2 aromatic rings. The Morgan fingerprint density at radius 3 is 2.58 bits per heavy atom. The Morgan fingerprint density at radius 2 is 1.92 bits per heavy atom. The molecule has 0 saturated heterocycles. The second-order valence-electron chi connectivity index (χ2n) is 5.86. The molecule has 0 aliphatic carbocycles. The monoisotopic (exact) mass is 359 g/mol. The number of Topliss-reactive ketones (excluding diaryl/α,β-unsaturated/α-hetero) is 1. The molecule has 138 valence electrons. The molecular formula is C18H21N3O5. The van der Waals surface area contributed by atoms with Crippen molar-refractivity contribution in [1.82, 2.24) is 9.55 Å². The molecule has 2 rings (SSSR count). The first-order valence-corrected chi connectivity index (χ1v) is 8.21. The molecule has 8 nitrogen and oxygen atoms in total. The lowest BCUT2D eigenvalue weighted by atomic mass is 10.1. The topological polar surface area (TPSA) is 124 Å². The summed E-state index contributed by atoms with van der Waals surface area (Å²) >= 11 is 0. The standard InChI is InChI=1S/C18H21N3O5/c1-3-8-21-16(19)15(17(24)20-18(21)25)13(22)10-26-14(23)9-12-7-5-4-6-11(12)2/h4-7H,3,8-10,19H2,1-2H3,(H,20,24,25). The number of nitrogens with two attached hydrogens (primary N) is 1. The van der Waals surface area contributed by atoms with Crippen LogP contribution in [-0.4, -0.2) is 27.9 Å². The molecule has 8 heteroatoms. The second kappa shape index (κ2) is 8.28. The molecule has 1 aromatic carbocycles. The van der Waals surface area contributed by atoms with Crippen molar-refractivity contribution in [3.63, 3.8) is 0 Å². The SMILES string of the molecule is CCCn1c(N)c(C(=O)COC(=O)Cc2ccccc2C)c(=O)[nH]c1=O. The van der Waals surface area contributed by atoms with Crippen LogP contribution < -0.4 is 17.0 Å². The van der Waals surface area contributed by atoms with E-state index in [1.807, 2.05) is 26.0 Å². The number of hydrogen-bond donors (Lipinski definition) is 2. The van der Waals surface area contributed by atoms with E-state index >= 15 is 0 Å². The van der Waals surface area contributed by atoms with E-state index in [4.69, 9.17) is 10.5 Å². The minimum absolute atomic E-state index is 0.0150. The highest BCUT2D eigenvalue weighted by molar-refractivity contribution is 6.01. The first-order chi connectivity index (χ1) is 12.3. The normalized spacial score (nSPS) is 10.5. The molecule has 0 unspecified atom stereocenters. The number of nitrogens with one attached hydrogen (secondary N) is 1. The smallest absolute Gasteiger partial charge is 0.329 e.